The van der Waals surface area contributed by atoms with E-state index in [1.165, 1.54) is 0 Å². The lowest BCUT2D eigenvalue weighted by molar-refractivity contribution is -0.138. The van der Waals surface area contributed by atoms with E-state index in [4.69, 9.17) is 0 Å². The third-order valence-corrected chi connectivity index (χ3v) is 3.97. The van der Waals surface area contributed by atoms with Gasteiger partial charge < -0.3 is 9.80 Å². The number of piperazine rings is 1. The molecule has 1 aromatic heterocycles. The van der Waals surface area contributed by atoms with Gasteiger partial charge in [-0.3, -0.25) is 4.79 Å². The van der Waals surface area contributed by atoms with Crippen molar-refractivity contribution < 1.29 is 4.79 Å². The minimum absolute atomic E-state index is 0.0526. The number of carbonyl (C=O) groups excluding carboxylic acids is 1. The zero-order chi connectivity index (χ0) is 14.6. The molecule has 5 heteroatoms. The van der Waals surface area contributed by atoms with Gasteiger partial charge in [-0.1, -0.05) is 13.0 Å². The number of nitrogens with zero attached hydrogens (tertiary/aromatic N) is 4. The van der Waals surface area contributed by atoms with Crippen LogP contribution in [0.1, 0.15) is 20.3 Å². The first-order valence-corrected chi connectivity index (χ1v) is 6.97. The van der Waals surface area contributed by atoms with Crippen LogP contribution in [0.3, 0.4) is 0 Å². The highest BCUT2D eigenvalue weighted by atomic mass is 16.2. The zero-order valence-electron chi connectivity index (χ0n) is 12.0. The highest BCUT2D eigenvalue weighted by Crippen LogP contribution is 2.24. The van der Waals surface area contributed by atoms with E-state index in [0.29, 0.717) is 19.5 Å². The zero-order valence-corrected chi connectivity index (χ0v) is 12.0. The Balaban J connectivity index is 1.98. The first-order chi connectivity index (χ1) is 9.60. The molecule has 1 aromatic rings. The Morgan fingerprint density at radius 1 is 1.40 bits per heavy atom. The summed E-state index contributed by atoms with van der Waals surface area (Å²) in [6.07, 6.45) is 2.32. The van der Waals surface area contributed by atoms with Crippen molar-refractivity contribution in [2.75, 3.05) is 31.1 Å². The maximum atomic E-state index is 12.4. The average molecular weight is 272 g/mol. The van der Waals surface area contributed by atoms with Gasteiger partial charge in [0.15, 0.2) is 0 Å². The summed E-state index contributed by atoms with van der Waals surface area (Å²) in [6, 6.07) is 7.98. The average Bonchev–Trinajstić information content (AvgIpc) is 2.54. The number of carbonyl (C=O) groups is 1. The Morgan fingerprint density at radius 2 is 2.10 bits per heavy atom. The number of nitriles is 1. The van der Waals surface area contributed by atoms with Gasteiger partial charge in [0.2, 0.25) is 5.91 Å². The van der Waals surface area contributed by atoms with Gasteiger partial charge in [-0.2, -0.15) is 5.26 Å². The summed E-state index contributed by atoms with van der Waals surface area (Å²) in [6.45, 7) is 6.41. The number of anilines is 1. The summed E-state index contributed by atoms with van der Waals surface area (Å²) in [5.41, 5.74) is -0.896. The van der Waals surface area contributed by atoms with E-state index < -0.39 is 5.41 Å². The number of rotatable bonds is 3. The molecule has 1 fully saturated rings. The standard InChI is InChI=1S/C15H20N4O/c1-3-15(2,12-16)14(20)19-10-8-18(9-11-19)13-6-4-5-7-17-13/h4-7H,3,8-11H2,1-2H3. The predicted molar refractivity (Wildman–Crippen MR) is 77.0 cm³/mol. The summed E-state index contributed by atoms with van der Waals surface area (Å²) in [5, 5.41) is 9.20. The molecular formula is C15H20N4O. The number of hydrogen-bond donors (Lipinski definition) is 0. The van der Waals surface area contributed by atoms with Crippen molar-refractivity contribution in [1.29, 1.82) is 5.26 Å². The SMILES string of the molecule is CCC(C)(C#N)C(=O)N1CCN(c2ccccn2)CC1. The van der Waals surface area contributed by atoms with Gasteiger partial charge in [-0.25, -0.2) is 4.98 Å². The predicted octanol–water partition coefficient (Wildman–Crippen LogP) is 1.67. The third kappa shape index (κ3) is 2.74. The van der Waals surface area contributed by atoms with Gasteiger partial charge in [0.25, 0.3) is 0 Å². The molecule has 1 aliphatic rings. The molecule has 0 radical (unpaired) electrons. The molecule has 0 bridgehead atoms. The second kappa shape index (κ2) is 5.91. The largest absolute Gasteiger partial charge is 0.353 e. The summed E-state index contributed by atoms with van der Waals surface area (Å²) in [4.78, 5) is 20.7. The summed E-state index contributed by atoms with van der Waals surface area (Å²) >= 11 is 0. The first kappa shape index (κ1) is 14.3. The van der Waals surface area contributed by atoms with E-state index in [0.717, 1.165) is 18.9 Å². The lowest BCUT2D eigenvalue weighted by atomic mass is 9.87. The van der Waals surface area contributed by atoms with Crippen LogP contribution < -0.4 is 4.90 Å². The van der Waals surface area contributed by atoms with Crippen molar-refractivity contribution in [2.45, 2.75) is 20.3 Å². The Hall–Kier alpha value is -2.09. The fourth-order valence-corrected chi connectivity index (χ4v) is 2.31. The Bertz CT molecular complexity index is 502. The lowest BCUT2D eigenvalue weighted by Crippen LogP contribution is -2.52. The number of aromatic nitrogens is 1. The molecule has 2 heterocycles. The molecule has 2 rings (SSSR count). The van der Waals surface area contributed by atoms with Crippen molar-refractivity contribution in [3.05, 3.63) is 24.4 Å². The van der Waals surface area contributed by atoms with Crippen molar-refractivity contribution in [2.24, 2.45) is 5.41 Å². The van der Waals surface area contributed by atoms with Gasteiger partial charge in [0, 0.05) is 32.4 Å². The van der Waals surface area contributed by atoms with Crippen molar-refractivity contribution in [3.63, 3.8) is 0 Å². The van der Waals surface area contributed by atoms with E-state index in [2.05, 4.69) is 16.0 Å². The minimum atomic E-state index is -0.896. The summed E-state index contributed by atoms with van der Waals surface area (Å²) in [5.74, 6) is 0.890. The normalized spacial score (nSPS) is 18.2. The molecule has 0 saturated carbocycles. The molecule has 1 aliphatic heterocycles. The first-order valence-electron chi connectivity index (χ1n) is 6.97. The van der Waals surface area contributed by atoms with Crippen LogP contribution in [0, 0.1) is 16.7 Å². The Kier molecular flexibility index (Phi) is 4.23. The molecule has 1 unspecified atom stereocenters. The maximum absolute atomic E-state index is 12.4. The Morgan fingerprint density at radius 3 is 2.60 bits per heavy atom. The van der Waals surface area contributed by atoms with Crippen LogP contribution in [-0.4, -0.2) is 42.0 Å². The summed E-state index contributed by atoms with van der Waals surface area (Å²) in [7, 11) is 0. The van der Waals surface area contributed by atoms with E-state index in [1.54, 1.807) is 18.0 Å². The summed E-state index contributed by atoms with van der Waals surface area (Å²) < 4.78 is 0. The maximum Gasteiger partial charge on any atom is 0.242 e. The highest BCUT2D eigenvalue weighted by Gasteiger charge is 2.36. The molecule has 0 aromatic carbocycles. The minimum Gasteiger partial charge on any atom is -0.353 e. The van der Waals surface area contributed by atoms with E-state index in [9.17, 15) is 10.1 Å². The smallest absolute Gasteiger partial charge is 0.242 e. The van der Waals surface area contributed by atoms with Crippen molar-refractivity contribution in [3.8, 4) is 6.07 Å². The van der Waals surface area contributed by atoms with Gasteiger partial charge in [-0.05, 0) is 25.5 Å². The third-order valence-electron chi connectivity index (χ3n) is 3.97. The van der Waals surface area contributed by atoms with Crippen LogP contribution in [0.15, 0.2) is 24.4 Å². The fourth-order valence-electron chi connectivity index (χ4n) is 2.31. The van der Waals surface area contributed by atoms with E-state index in [1.807, 2.05) is 25.1 Å². The molecule has 0 spiro atoms. The van der Waals surface area contributed by atoms with Crippen LogP contribution in [0.5, 0.6) is 0 Å². The van der Waals surface area contributed by atoms with Crippen LogP contribution in [0.2, 0.25) is 0 Å². The molecule has 1 atom stereocenters. The number of amides is 1. The second-order valence-corrected chi connectivity index (χ2v) is 5.26. The van der Waals surface area contributed by atoms with Gasteiger partial charge >= 0.3 is 0 Å². The molecule has 0 aliphatic carbocycles. The van der Waals surface area contributed by atoms with Crippen LogP contribution in [0.25, 0.3) is 0 Å². The van der Waals surface area contributed by atoms with Crippen LogP contribution >= 0.6 is 0 Å². The molecule has 5 nitrogen and oxygen atoms in total. The molecular weight excluding hydrogens is 252 g/mol. The number of hydrogen-bond acceptors (Lipinski definition) is 4. The molecule has 1 amide bonds. The fraction of sp³-hybridized carbons (Fsp3) is 0.533. The van der Waals surface area contributed by atoms with E-state index in [-0.39, 0.29) is 5.91 Å². The molecule has 106 valence electrons. The van der Waals surface area contributed by atoms with Crippen LogP contribution in [0.4, 0.5) is 5.82 Å². The van der Waals surface area contributed by atoms with Crippen molar-refractivity contribution >= 4 is 11.7 Å². The topological polar surface area (TPSA) is 60.2 Å². The van der Waals surface area contributed by atoms with Crippen molar-refractivity contribution in [1.82, 2.24) is 9.88 Å². The quantitative estimate of drug-likeness (QED) is 0.839. The van der Waals surface area contributed by atoms with Crippen LogP contribution in [-0.2, 0) is 4.79 Å². The molecule has 20 heavy (non-hydrogen) atoms. The monoisotopic (exact) mass is 272 g/mol. The molecule has 0 N–H and O–H groups in total. The lowest BCUT2D eigenvalue weighted by Gasteiger charge is -2.38. The van der Waals surface area contributed by atoms with E-state index >= 15 is 0 Å². The number of pyridine rings is 1. The van der Waals surface area contributed by atoms with Gasteiger partial charge in [-0.15, -0.1) is 0 Å². The Labute approximate surface area is 119 Å². The van der Waals surface area contributed by atoms with Gasteiger partial charge in [0.1, 0.15) is 11.2 Å². The highest BCUT2D eigenvalue weighted by molar-refractivity contribution is 5.85. The second-order valence-electron chi connectivity index (χ2n) is 5.26. The van der Waals surface area contributed by atoms with Gasteiger partial charge in [0.05, 0.1) is 6.07 Å². The molecule has 1 saturated heterocycles.